The molecule has 1 aliphatic rings. The number of carbonyl (C=O) groups is 2. The highest BCUT2D eigenvalue weighted by Crippen LogP contribution is 2.28. The second-order valence-corrected chi connectivity index (χ2v) is 4.88. The first-order valence-electron chi connectivity index (χ1n) is 7.04. The second-order valence-electron chi connectivity index (χ2n) is 4.88. The lowest BCUT2D eigenvalue weighted by Gasteiger charge is -2.25. The van der Waals surface area contributed by atoms with Crippen LogP contribution in [-0.4, -0.2) is 48.1 Å². The molecule has 1 N–H and O–H groups in total. The standard InChI is InChI=1S/C14H16N4O4/c1-3-15-14(20)10-6-9-12(22-10)13(17-8(2)16-9)18-4-5-21-7-11(18)19/h6H,3-5,7H2,1-2H3,(H,15,20). The van der Waals surface area contributed by atoms with Gasteiger partial charge in [-0.05, 0) is 13.8 Å². The van der Waals surface area contributed by atoms with Crippen LogP contribution in [0.15, 0.2) is 10.5 Å². The highest BCUT2D eigenvalue weighted by Gasteiger charge is 2.26. The van der Waals surface area contributed by atoms with E-state index in [4.69, 9.17) is 9.15 Å². The number of rotatable bonds is 3. The van der Waals surface area contributed by atoms with Crippen molar-refractivity contribution < 1.29 is 18.7 Å². The molecule has 0 bridgehead atoms. The van der Waals surface area contributed by atoms with Crippen LogP contribution in [0.3, 0.4) is 0 Å². The van der Waals surface area contributed by atoms with Crippen LogP contribution in [-0.2, 0) is 9.53 Å². The average molecular weight is 304 g/mol. The summed E-state index contributed by atoms with van der Waals surface area (Å²) in [5.41, 5.74) is 0.838. The van der Waals surface area contributed by atoms with Crippen molar-refractivity contribution in [3.63, 3.8) is 0 Å². The Morgan fingerprint density at radius 2 is 2.27 bits per heavy atom. The minimum atomic E-state index is -0.322. The van der Waals surface area contributed by atoms with Crippen LogP contribution >= 0.6 is 0 Å². The largest absolute Gasteiger partial charge is 0.445 e. The summed E-state index contributed by atoms with van der Waals surface area (Å²) in [5, 5.41) is 2.66. The quantitative estimate of drug-likeness (QED) is 0.894. The Morgan fingerprint density at radius 1 is 1.45 bits per heavy atom. The zero-order chi connectivity index (χ0) is 15.7. The number of fused-ring (bicyclic) bond motifs is 1. The van der Waals surface area contributed by atoms with Crippen LogP contribution in [0.4, 0.5) is 5.82 Å². The summed E-state index contributed by atoms with van der Waals surface area (Å²) in [7, 11) is 0. The van der Waals surface area contributed by atoms with Gasteiger partial charge >= 0.3 is 0 Å². The molecular formula is C14H16N4O4. The van der Waals surface area contributed by atoms with E-state index in [0.717, 1.165) is 0 Å². The predicted molar refractivity (Wildman–Crippen MR) is 77.7 cm³/mol. The highest BCUT2D eigenvalue weighted by atomic mass is 16.5. The number of nitrogens with one attached hydrogen (secondary N) is 1. The van der Waals surface area contributed by atoms with Gasteiger partial charge in [-0.3, -0.25) is 14.5 Å². The van der Waals surface area contributed by atoms with Gasteiger partial charge < -0.3 is 14.5 Å². The third-order valence-corrected chi connectivity index (χ3v) is 3.27. The molecule has 0 spiro atoms. The lowest BCUT2D eigenvalue weighted by Crippen LogP contribution is -2.42. The van der Waals surface area contributed by atoms with Gasteiger partial charge in [0.1, 0.15) is 17.9 Å². The number of furan rings is 1. The fourth-order valence-electron chi connectivity index (χ4n) is 2.31. The number of aryl methyl sites for hydroxylation is 1. The summed E-state index contributed by atoms with van der Waals surface area (Å²) in [6.07, 6.45) is 0. The normalized spacial score (nSPS) is 15.4. The minimum Gasteiger partial charge on any atom is -0.445 e. The molecule has 0 saturated carbocycles. The summed E-state index contributed by atoms with van der Waals surface area (Å²) >= 11 is 0. The molecule has 3 heterocycles. The van der Waals surface area contributed by atoms with Crippen LogP contribution in [0.25, 0.3) is 11.1 Å². The fourth-order valence-corrected chi connectivity index (χ4v) is 2.31. The third-order valence-electron chi connectivity index (χ3n) is 3.27. The molecule has 0 radical (unpaired) electrons. The molecular weight excluding hydrogens is 288 g/mol. The number of hydrogen-bond donors (Lipinski definition) is 1. The van der Waals surface area contributed by atoms with Gasteiger partial charge in [0.05, 0.1) is 13.2 Å². The zero-order valence-electron chi connectivity index (χ0n) is 12.4. The van der Waals surface area contributed by atoms with Crippen LogP contribution in [0, 0.1) is 6.92 Å². The topological polar surface area (TPSA) is 97.6 Å². The summed E-state index contributed by atoms with van der Waals surface area (Å²) in [6.45, 7) is 4.88. The van der Waals surface area contributed by atoms with Crippen LogP contribution in [0.5, 0.6) is 0 Å². The summed E-state index contributed by atoms with van der Waals surface area (Å²) in [4.78, 5) is 34.0. The maximum atomic E-state index is 12.0. The van der Waals surface area contributed by atoms with Gasteiger partial charge in [0.25, 0.3) is 11.8 Å². The van der Waals surface area contributed by atoms with E-state index in [1.54, 1.807) is 13.0 Å². The van der Waals surface area contributed by atoms with Crippen molar-refractivity contribution in [3.8, 4) is 0 Å². The number of morpholine rings is 1. The third kappa shape index (κ3) is 2.52. The molecule has 2 aromatic rings. The molecule has 8 nitrogen and oxygen atoms in total. The molecule has 22 heavy (non-hydrogen) atoms. The molecule has 1 aliphatic heterocycles. The number of carbonyl (C=O) groups excluding carboxylic acids is 2. The molecule has 0 atom stereocenters. The number of nitrogens with zero attached hydrogens (tertiary/aromatic N) is 3. The molecule has 2 amide bonds. The first-order chi connectivity index (χ1) is 10.6. The van der Waals surface area contributed by atoms with Crippen molar-refractivity contribution in [2.45, 2.75) is 13.8 Å². The predicted octanol–water partition coefficient (Wildman–Crippen LogP) is 0.644. The zero-order valence-corrected chi connectivity index (χ0v) is 12.4. The van der Waals surface area contributed by atoms with Gasteiger partial charge in [0.15, 0.2) is 17.2 Å². The van der Waals surface area contributed by atoms with E-state index in [1.807, 2.05) is 6.92 Å². The van der Waals surface area contributed by atoms with Crippen LogP contribution in [0.1, 0.15) is 23.3 Å². The maximum Gasteiger partial charge on any atom is 0.287 e. The Balaban J connectivity index is 2.09. The van der Waals surface area contributed by atoms with E-state index in [-0.39, 0.29) is 24.2 Å². The van der Waals surface area contributed by atoms with Crippen molar-refractivity contribution in [3.05, 3.63) is 17.7 Å². The lowest BCUT2D eigenvalue weighted by molar-refractivity contribution is -0.125. The molecule has 1 fully saturated rings. The Hall–Kier alpha value is -2.48. The van der Waals surface area contributed by atoms with E-state index < -0.39 is 0 Å². The van der Waals surface area contributed by atoms with Gasteiger partial charge in [-0.25, -0.2) is 9.97 Å². The van der Waals surface area contributed by atoms with Gasteiger partial charge in [0, 0.05) is 12.6 Å². The number of hydrogen-bond acceptors (Lipinski definition) is 6. The molecule has 0 aromatic carbocycles. The molecule has 0 aliphatic carbocycles. The van der Waals surface area contributed by atoms with Crippen molar-refractivity contribution in [1.82, 2.24) is 15.3 Å². The Labute approximate surface area is 126 Å². The van der Waals surface area contributed by atoms with E-state index in [9.17, 15) is 9.59 Å². The fraction of sp³-hybridized carbons (Fsp3) is 0.429. The lowest BCUT2D eigenvalue weighted by atomic mass is 10.3. The van der Waals surface area contributed by atoms with Gasteiger partial charge in [-0.15, -0.1) is 0 Å². The van der Waals surface area contributed by atoms with Crippen LogP contribution < -0.4 is 10.2 Å². The average Bonchev–Trinajstić information content (AvgIpc) is 2.91. The van der Waals surface area contributed by atoms with E-state index in [1.165, 1.54) is 4.90 Å². The first-order valence-corrected chi connectivity index (χ1v) is 7.04. The van der Waals surface area contributed by atoms with Crippen LogP contribution in [0.2, 0.25) is 0 Å². The van der Waals surface area contributed by atoms with Crippen molar-refractivity contribution >= 4 is 28.7 Å². The summed E-state index contributed by atoms with van der Waals surface area (Å²) in [5.74, 6) is 0.522. The van der Waals surface area contributed by atoms with Gasteiger partial charge in [0.2, 0.25) is 0 Å². The SMILES string of the molecule is CCNC(=O)c1cc2nc(C)nc(N3CCOCC3=O)c2o1. The van der Waals surface area contributed by atoms with Gasteiger partial charge in [-0.2, -0.15) is 0 Å². The number of ether oxygens (including phenoxy) is 1. The van der Waals surface area contributed by atoms with E-state index in [2.05, 4.69) is 15.3 Å². The van der Waals surface area contributed by atoms with Crippen molar-refractivity contribution in [1.29, 1.82) is 0 Å². The number of anilines is 1. The molecule has 8 heteroatoms. The van der Waals surface area contributed by atoms with Crippen molar-refractivity contribution in [2.24, 2.45) is 0 Å². The second kappa shape index (κ2) is 5.72. The Morgan fingerprint density at radius 3 is 3.00 bits per heavy atom. The smallest absolute Gasteiger partial charge is 0.287 e. The maximum absolute atomic E-state index is 12.0. The molecule has 116 valence electrons. The van der Waals surface area contributed by atoms with E-state index >= 15 is 0 Å². The summed E-state index contributed by atoms with van der Waals surface area (Å²) < 4.78 is 10.7. The molecule has 2 aromatic heterocycles. The van der Waals surface area contributed by atoms with Crippen molar-refractivity contribution in [2.75, 3.05) is 31.2 Å². The Kier molecular flexibility index (Phi) is 3.76. The number of amides is 2. The van der Waals surface area contributed by atoms with E-state index in [0.29, 0.717) is 42.4 Å². The Bertz CT molecular complexity index is 740. The van der Waals surface area contributed by atoms with Gasteiger partial charge in [-0.1, -0.05) is 0 Å². The highest BCUT2D eigenvalue weighted by molar-refractivity contribution is 6.02. The molecule has 3 rings (SSSR count). The summed E-state index contributed by atoms with van der Waals surface area (Å²) in [6, 6.07) is 1.56. The first kappa shape index (κ1) is 14.5. The number of aromatic nitrogens is 2. The minimum absolute atomic E-state index is 0.00836. The molecule has 0 unspecified atom stereocenters. The monoisotopic (exact) mass is 304 g/mol. The molecule has 1 saturated heterocycles.